The molecular weight excluding hydrogens is 246 g/mol. The fraction of sp³-hybridized carbons (Fsp3) is 0.500. The molecule has 3 rings (SSSR count). The molecule has 19 heavy (non-hydrogen) atoms. The van der Waals surface area contributed by atoms with Crippen LogP contribution < -0.4 is 9.47 Å². The average Bonchev–Trinajstić information content (AvgIpc) is 2.93. The molecule has 0 unspecified atom stereocenters. The second-order valence-electron chi connectivity index (χ2n) is 4.79. The fourth-order valence-electron chi connectivity index (χ4n) is 2.30. The minimum absolute atomic E-state index is 0.220. The number of benzene rings is 1. The van der Waals surface area contributed by atoms with E-state index in [1.54, 1.807) is 18.2 Å². The highest BCUT2D eigenvalue weighted by atomic mass is 16.7. The maximum atomic E-state index is 9.96. The summed E-state index contributed by atoms with van der Waals surface area (Å²) in [5.74, 6) is 1.32. The van der Waals surface area contributed by atoms with E-state index in [0.717, 1.165) is 31.4 Å². The lowest BCUT2D eigenvalue weighted by Gasteiger charge is -2.14. The Balaban J connectivity index is 1.65. The zero-order chi connectivity index (χ0) is 13.1. The summed E-state index contributed by atoms with van der Waals surface area (Å²) >= 11 is 0. The van der Waals surface area contributed by atoms with Gasteiger partial charge in [0.1, 0.15) is 0 Å². The van der Waals surface area contributed by atoms with Crippen molar-refractivity contribution in [3.8, 4) is 11.5 Å². The molecule has 1 saturated carbocycles. The van der Waals surface area contributed by atoms with E-state index in [-0.39, 0.29) is 6.79 Å². The third-order valence-electron chi connectivity index (χ3n) is 3.39. The van der Waals surface area contributed by atoms with E-state index in [2.05, 4.69) is 5.16 Å². The van der Waals surface area contributed by atoms with Crippen LogP contribution in [0.4, 0.5) is 0 Å². The van der Waals surface area contributed by atoms with Crippen LogP contribution in [0.5, 0.6) is 11.5 Å². The van der Waals surface area contributed by atoms with E-state index < -0.39 is 6.29 Å². The van der Waals surface area contributed by atoms with Crippen LogP contribution in [-0.2, 0) is 4.84 Å². The summed E-state index contributed by atoms with van der Waals surface area (Å²) in [6.07, 6.45) is 4.43. The molecule has 1 fully saturated rings. The molecule has 1 N–H and O–H groups in total. The summed E-state index contributed by atoms with van der Waals surface area (Å²) in [5, 5.41) is 14.0. The van der Waals surface area contributed by atoms with Crippen LogP contribution in [0.1, 0.15) is 44.0 Å². The number of hydrogen-bond donors (Lipinski definition) is 1. The summed E-state index contributed by atoms with van der Waals surface area (Å²) in [5.41, 5.74) is 1.65. The smallest absolute Gasteiger partial charge is 0.250 e. The number of rotatable bonds is 3. The van der Waals surface area contributed by atoms with Gasteiger partial charge in [-0.05, 0) is 43.9 Å². The molecule has 1 aliphatic carbocycles. The van der Waals surface area contributed by atoms with Gasteiger partial charge in [0.25, 0.3) is 6.29 Å². The molecule has 1 aromatic carbocycles. The predicted molar refractivity (Wildman–Crippen MR) is 69.1 cm³/mol. The second-order valence-corrected chi connectivity index (χ2v) is 4.79. The van der Waals surface area contributed by atoms with Gasteiger partial charge >= 0.3 is 0 Å². The Kier molecular flexibility index (Phi) is 3.55. The Morgan fingerprint density at radius 2 is 1.89 bits per heavy atom. The molecule has 0 bridgehead atoms. The van der Waals surface area contributed by atoms with E-state index in [0.29, 0.717) is 17.1 Å². The summed E-state index contributed by atoms with van der Waals surface area (Å²) in [6, 6.07) is 5.23. The van der Waals surface area contributed by atoms with E-state index in [9.17, 15) is 5.11 Å². The molecule has 5 heteroatoms. The van der Waals surface area contributed by atoms with Crippen LogP contribution >= 0.6 is 0 Å². The van der Waals surface area contributed by atoms with E-state index in [1.807, 2.05) is 0 Å². The van der Waals surface area contributed by atoms with Gasteiger partial charge in [-0.1, -0.05) is 11.6 Å². The molecular formula is C14H17NO4. The van der Waals surface area contributed by atoms with Crippen LogP contribution in [0.3, 0.4) is 0 Å². The van der Waals surface area contributed by atoms with Crippen LogP contribution in [0.15, 0.2) is 23.4 Å². The van der Waals surface area contributed by atoms with Gasteiger partial charge in [-0.15, -0.1) is 0 Å². The zero-order valence-electron chi connectivity index (χ0n) is 10.7. The Bertz CT molecular complexity index is 478. The molecule has 0 saturated heterocycles. The summed E-state index contributed by atoms with van der Waals surface area (Å²) in [4.78, 5) is 5.17. The van der Waals surface area contributed by atoms with Crippen molar-refractivity contribution in [3.63, 3.8) is 0 Å². The van der Waals surface area contributed by atoms with Crippen molar-refractivity contribution in [1.82, 2.24) is 0 Å². The van der Waals surface area contributed by atoms with Crippen molar-refractivity contribution in [3.05, 3.63) is 23.8 Å². The van der Waals surface area contributed by atoms with Gasteiger partial charge in [-0.25, -0.2) is 0 Å². The quantitative estimate of drug-likeness (QED) is 0.673. The standard InChI is InChI=1S/C14H17NO4/c16-14(19-15-11-4-2-1-3-5-11)10-6-7-12-13(8-10)18-9-17-12/h6-8,14,16H,1-5,9H2/t14-/m1/s1. The topological polar surface area (TPSA) is 60.3 Å². The van der Waals surface area contributed by atoms with Gasteiger partial charge in [-0.2, -0.15) is 0 Å². The Labute approximate surface area is 111 Å². The van der Waals surface area contributed by atoms with Crippen molar-refractivity contribution in [2.45, 2.75) is 38.4 Å². The molecule has 2 aliphatic rings. The van der Waals surface area contributed by atoms with Crippen LogP contribution in [0.25, 0.3) is 0 Å². The van der Waals surface area contributed by atoms with Crippen molar-refractivity contribution >= 4 is 5.71 Å². The first-order valence-electron chi connectivity index (χ1n) is 6.62. The fourth-order valence-corrected chi connectivity index (χ4v) is 2.30. The van der Waals surface area contributed by atoms with E-state index >= 15 is 0 Å². The molecule has 0 aromatic heterocycles. The lowest BCUT2D eigenvalue weighted by molar-refractivity contribution is -0.102. The lowest BCUT2D eigenvalue weighted by atomic mass is 9.99. The third kappa shape index (κ3) is 2.81. The first-order valence-corrected chi connectivity index (χ1v) is 6.62. The molecule has 0 amide bonds. The molecule has 102 valence electrons. The van der Waals surface area contributed by atoms with Crippen LogP contribution in [0, 0.1) is 0 Å². The number of nitrogens with zero attached hydrogens (tertiary/aromatic N) is 1. The number of ether oxygens (including phenoxy) is 2. The van der Waals surface area contributed by atoms with Crippen molar-refractivity contribution in [1.29, 1.82) is 0 Å². The van der Waals surface area contributed by atoms with E-state index in [1.165, 1.54) is 6.42 Å². The van der Waals surface area contributed by atoms with Crippen molar-refractivity contribution in [2.24, 2.45) is 5.16 Å². The molecule has 1 aliphatic heterocycles. The Morgan fingerprint density at radius 1 is 1.11 bits per heavy atom. The first-order chi connectivity index (χ1) is 9.33. The Morgan fingerprint density at radius 3 is 2.74 bits per heavy atom. The molecule has 0 radical (unpaired) electrons. The predicted octanol–water partition coefficient (Wildman–Crippen LogP) is 2.74. The third-order valence-corrected chi connectivity index (χ3v) is 3.39. The first kappa shape index (κ1) is 12.3. The SMILES string of the molecule is O[C@H](ON=C1CCCCC1)c1ccc2c(c1)OCO2. The minimum atomic E-state index is -1.07. The van der Waals surface area contributed by atoms with Crippen LogP contribution in [0.2, 0.25) is 0 Å². The lowest BCUT2D eigenvalue weighted by Crippen LogP contribution is -2.07. The van der Waals surface area contributed by atoms with Gasteiger partial charge in [0.15, 0.2) is 11.5 Å². The molecule has 1 aromatic rings. The van der Waals surface area contributed by atoms with Gasteiger partial charge in [0, 0.05) is 5.56 Å². The monoisotopic (exact) mass is 263 g/mol. The molecule has 0 spiro atoms. The normalized spacial score (nSPS) is 19.1. The summed E-state index contributed by atoms with van der Waals surface area (Å²) < 4.78 is 10.5. The highest BCUT2D eigenvalue weighted by Gasteiger charge is 2.17. The average molecular weight is 263 g/mol. The molecule has 1 heterocycles. The minimum Gasteiger partial charge on any atom is -0.454 e. The highest BCUT2D eigenvalue weighted by Crippen LogP contribution is 2.34. The number of aliphatic hydroxyl groups excluding tert-OH is 1. The van der Waals surface area contributed by atoms with Crippen molar-refractivity contribution < 1.29 is 19.4 Å². The van der Waals surface area contributed by atoms with Crippen molar-refractivity contribution in [2.75, 3.05) is 6.79 Å². The van der Waals surface area contributed by atoms with Crippen LogP contribution in [-0.4, -0.2) is 17.6 Å². The van der Waals surface area contributed by atoms with Gasteiger partial charge in [-0.3, -0.25) is 0 Å². The zero-order valence-corrected chi connectivity index (χ0v) is 10.7. The van der Waals surface area contributed by atoms with E-state index in [4.69, 9.17) is 14.3 Å². The molecule has 5 nitrogen and oxygen atoms in total. The largest absolute Gasteiger partial charge is 0.454 e. The maximum Gasteiger partial charge on any atom is 0.250 e. The maximum absolute atomic E-state index is 9.96. The number of hydrogen-bond acceptors (Lipinski definition) is 5. The van der Waals surface area contributed by atoms with Gasteiger partial charge in [0.2, 0.25) is 6.79 Å². The van der Waals surface area contributed by atoms with Gasteiger partial charge in [0.05, 0.1) is 5.71 Å². The van der Waals surface area contributed by atoms with Gasteiger partial charge < -0.3 is 19.4 Å². The Hall–Kier alpha value is -1.75. The number of fused-ring (bicyclic) bond motifs is 1. The summed E-state index contributed by atoms with van der Waals surface area (Å²) in [6.45, 7) is 0.220. The molecule has 1 atom stereocenters. The number of oxime groups is 1. The number of aliphatic hydroxyl groups is 1. The highest BCUT2D eigenvalue weighted by molar-refractivity contribution is 5.84. The summed E-state index contributed by atoms with van der Waals surface area (Å²) in [7, 11) is 0. The second kappa shape index (κ2) is 5.48.